The topological polar surface area (TPSA) is 49.2 Å². The predicted molar refractivity (Wildman–Crippen MR) is 79.7 cm³/mol. The fourth-order valence-electron chi connectivity index (χ4n) is 2.61. The summed E-state index contributed by atoms with van der Waals surface area (Å²) in [6, 6.07) is 14.3. The van der Waals surface area contributed by atoms with Gasteiger partial charge in [0.25, 0.3) is 0 Å². The van der Waals surface area contributed by atoms with E-state index in [1.807, 2.05) is 24.3 Å². The van der Waals surface area contributed by atoms with E-state index >= 15 is 0 Å². The molecule has 0 saturated carbocycles. The van der Waals surface area contributed by atoms with Gasteiger partial charge in [-0.2, -0.15) is 14.6 Å². The van der Waals surface area contributed by atoms with Crippen molar-refractivity contribution in [2.75, 3.05) is 13.1 Å². The molecule has 5 heteroatoms. The Kier molecular flexibility index (Phi) is 4.31. The van der Waals surface area contributed by atoms with Crippen LogP contribution in [0, 0.1) is 17.3 Å². The largest absolute Gasteiger partial charge is 0.473 e. The summed E-state index contributed by atoms with van der Waals surface area (Å²) in [7, 11) is 0. The van der Waals surface area contributed by atoms with E-state index < -0.39 is 5.95 Å². The Morgan fingerprint density at radius 1 is 1.27 bits per heavy atom. The van der Waals surface area contributed by atoms with E-state index in [0.717, 1.165) is 26.1 Å². The fourth-order valence-corrected chi connectivity index (χ4v) is 2.61. The summed E-state index contributed by atoms with van der Waals surface area (Å²) < 4.78 is 18.8. The second kappa shape index (κ2) is 6.54. The Morgan fingerprint density at radius 3 is 2.82 bits per heavy atom. The van der Waals surface area contributed by atoms with Gasteiger partial charge in [0.2, 0.25) is 11.8 Å². The average Bonchev–Trinajstić information content (AvgIpc) is 2.95. The first-order chi connectivity index (χ1) is 10.7. The Balaban J connectivity index is 1.54. The molecule has 0 N–H and O–H groups in total. The third-order valence-corrected chi connectivity index (χ3v) is 3.70. The number of ether oxygens (including phenoxy) is 1. The first kappa shape index (κ1) is 14.5. The molecular formula is C17H16FN3O. The SMILES string of the molecule is N#Cc1ccc(CN2CCC(Oc3cccc(F)n3)C2)cc1. The molecule has 22 heavy (non-hydrogen) atoms. The highest BCUT2D eigenvalue weighted by Gasteiger charge is 2.24. The molecule has 1 fully saturated rings. The minimum Gasteiger partial charge on any atom is -0.473 e. The summed E-state index contributed by atoms with van der Waals surface area (Å²) in [6.07, 6.45) is 0.932. The predicted octanol–water partition coefficient (Wildman–Crippen LogP) is 2.75. The molecule has 1 aliphatic rings. The van der Waals surface area contributed by atoms with Crippen LogP contribution in [0.1, 0.15) is 17.5 Å². The molecule has 3 rings (SSSR count). The van der Waals surface area contributed by atoms with Crippen molar-refractivity contribution >= 4 is 0 Å². The maximum Gasteiger partial charge on any atom is 0.216 e. The highest BCUT2D eigenvalue weighted by molar-refractivity contribution is 5.31. The first-order valence-electron chi connectivity index (χ1n) is 7.23. The lowest BCUT2D eigenvalue weighted by Gasteiger charge is -2.16. The monoisotopic (exact) mass is 297 g/mol. The third kappa shape index (κ3) is 3.60. The molecule has 2 heterocycles. The zero-order valence-corrected chi connectivity index (χ0v) is 12.1. The normalized spacial score (nSPS) is 18.1. The molecule has 0 bridgehead atoms. The lowest BCUT2D eigenvalue weighted by molar-refractivity contribution is 0.189. The number of hydrogen-bond acceptors (Lipinski definition) is 4. The van der Waals surface area contributed by atoms with Crippen LogP contribution >= 0.6 is 0 Å². The molecule has 112 valence electrons. The Morgan fingerprint density at radius 2 is 2.09 bits per heavy atom. The Labute approximate surface area is 128 Å². The standard InChI is InChI=1S/C17H16FN3O/c18-16-2-1-3-17(20-16)22-15-8-9-21(12-15)11-14-6-4-13(10-19)5-7-14/h1-7,15H,8-9,11-12H2. The van der Waals surface area contributed by atoms with Gasteiger partial charge in [0.15, 0.2) is 0 Å². The number of benzene rings is 1. The highest BCUT2D eigenvalue weighted by Crippen LogP contribution is 2.18. The van der Waals surface area contributed by atoms with E-state index in [4.69, 9.17) is 10.00 Å². The molecule has 1 aromatic heterocycles. The van der Waals surface area contributed by atoms with E-state index in [-0.39, 0.29) is 6.10 Å². The number of aromatic nitrogens is 1. The second-order valence-electron chi connectivity index (χ2n) is 5.37. The van der Waals surface area contributed by atoms with Crippen molar-refractivity contribution in [3.63, 3.8) is 0 Å². The molecule has 0 spiro atoms. The second-order valence-corrected chi connectivity index (χ2v) is 5.37. The number of nitriles is 1. The summed E-state index contributed by atoms with van der Waals surface area (Å²) in [5.41, 5.74) is 1.84. The fraction of sp³-hybridized carbons (Fsp3) is 0.294. The van der Waals surface area contributed by atoms with Crippen molar-refractivity contribution in [3.05, 3.63) is 59.5 Å². The van der Waals surface area contributed by atoms with Gasteiger partial charge in [-0.1, -0.05) is 18.2 Å². The summed E-state index contributed by atoms with van der Waals surface area (Å²) in [5.74, 6) is -0.185. The molecule has 0 radical (unpaired) electrons. The maximum absolute atomic E-state index is 13.0. The van der Waals surface area contributed by atoms with Gasteiger partial charge in [0.1, 0.15) is 6.10 Å². The summed E-state index contributed by atoms with van der Waals surface area (Å²) in [6.45, 7) is 2.54. The number of rotatable bonds is 4. The van der Waals surface area contributed by atoms with Gasteiger partial charge >= 0.3 is 0 Å². The van der Waals surface area contributed by atoms with Gasteiger partial charge in [-0.3, -0.25) is 4.90 Å². The number of likely N-dealkylation sites (tertiary alicyclic amines) is 1. The molecule has 1 saturated heterocycles. The van der Waals surface area contributed by atoms with Crippen LogP contribution in [0.15, 0.2) is 42.5 Å². The Bertz CT molecular complexity index is 681. The van der Waals surface area contributed by atoms with Crippen molar-refractivity contribution in [1.29, 1.82) is 5.26 Å². The molecule has 0 amide bonds. The quantitative estimate of drug-likeness (QED) is 0.814. The van der Waals surface area contributed by atoms with Crippen molar-refractivity contribution in [2.45, 2.75) is 19.1 Å². The zero-order chi connectivity index (χ0) is 15.4. The minimum atomic E-state index is -0.523. The van der Waals surface area contributed by atoms with E-state index in [1.54, 1.807) is 12.1 Å². The third-order valence-electron chi connectivity index (χ3n) is 3.70. The molecule has 0 aliphatic carbocycles. The number of hydrogen-bond donors (Lipinski definition) is 0. The molecule has 1 aromatic carbocycles. The molecule has 4 nitrogen and oxygen atoms in total. The van der Waals surface area contributed by atoms with Gasteiger partial charge in [-0.15, -0.1) is 0 Å². The summed E-state index contributed by atoms with van der Waals surface area (Å²) in [5, 5.41) is 8.80. The van der Waals surface area contributed by atoms with Crippen molar-refractivity contribution in [1.82, 2.24) is 9.88 Å². The van der Waals surface area contributed by atoms with E-state index in [9.17, 15) is 4.39 Å². The van der Waals surface area contributed by atoms with Gasteiger partial charge in [0, 0.05) is 25.7 Å². The van der Waals surface area contributed by atoms with Crippen LogP contribution in [-0.4, -0.2) is 29.1 Å². The van der Waals surface area contributed by atoms with Crippen LogP contribution in [0.25, 0.3) is 0 Å². The summed E-state index contributed by atoms with van der Waals surface area (Å²) >= 11 is 0. The van der Waals surface area contributed by atoms with Gasteiger partial charge in [-0.25, -0.2) is 0 Å². The van der Waals surface area contributed by atoms with Crippen molar-refractivity contribution < 1.29 is 9.13 Å². The van der Waals surface area contributed by atoms with E-state index in [2.05, 4.69) is 16.0 Å². The molecule has 1 atom stereocenters. The molecule has 1 aliphatic heterocycles. The smallest absolute Gasteiger partial charge is 0.216 e. The highest BCUT2D eigenvalue weighted by atomic mass is 19.1. The van der Waals surface area contributed by atoms with Crippen LogP contribution in [0.4, 0.5) is 4.39 Å². The van der Waals surface area contributed by atoms with Crippen molar-refractivity contribution in [3.8, 4) is 11.9 Å². The zero-order valence-electron chi connectivity index (χ0n) is 12.1. The number of halogens is 1. The van der Waals surface area contributed by atoms with Crippen LogP contribution in [-0.2, 0) is 6.54 Å². The van der Waals surface area contributed by atoms with Gasteiger partial charge in [-0.05, 0) is 30.2 Å². The van der Waals surface area contributed by atoms with Crippen LogP contribution in [0.3, 0.4) is 0 Å². The minimum absolute atomic E-state index is 0.0349. The van der Waals surface area contributed by atoms with E-state index in [1.165, 1.54) is 11.6 Å². The first-order valence-corrected chi connectivity index (χ1v) is 7.23. The molecule has 1 unspecified atom stereocenters. The van der Waals surface area contributed by atoms with Crippen LogP contribution in [0.5, 0.6) is 5.88 Å². The van der Waals surface area contributed by atoms with Crippen molar-refractivity contribution in [2.24, 2.45) is 0 Å². The van der Waals surface area contributed by atoms with E-state index in [0.29, 0.717) is 11.4 Å². The summed E-state index contributed by atoms with van der Waals surface area (Å²) in [4.78, 5) is 6.01. The number of pyridine rings is 1. The lowest BCUT2D eigenvalue weighted by atomic mass is 10.1. The van der Waals surface area contributed by atoms with Gasteiger partial charge < -0.3 is 4.74 Å². The Hall–Kier alpha value is -2.45. The molecular weight excluding hydrogens is 281 g/mol. The van der Waals surface area contributed by atoms with Crippen LogP contribution < -0.4 is 4.74 Å². The maximum atomic E-state index is 13.0. The average molecular weight is 297 g/mol. The molecule has 2 aromatic rings. The van der Waals surface area contributed by atoms with Gasteiger partial charge in [0.05, 0.1) is 11.6 Å². The van der Waals surface area contributed by atoms with Crippen LogP contribution in [0.2, 0.25) is 0 Å². The lowest BCUT2D eigenvalue weighted by Crippen LogP contribution is -2.24. The number of nitrogens with zero attached hydrogens (tertiary/aromatic N) is 3.